The molecule has 1 aromatic carbocycles. The van der Waals surface area contributed by atoms with Crippen LogP contribution in [0.4, 0.5) is 0 Å². The third-order valence-electron chi connectivity index (χ3n) is 6.32. The fourth-order valence-electron chi connectivity index (χ4n) is 4.06. The summed E-state index contributed by atoms with van der Waals surface area (Å²) in [6.45, 7) is 4.11. The molecule has 10 nitrogen and oxygen atoms in total. The smallest absolute Gasteiger partial charge is 0.236 e. The lowest BCUT2D eigenvalue weighted by Gasteiger charge is -2.24. The van der Waals surface area contributed by atoms with Gasteiger partial charge in [0.2, 0.25) is 11.8 Å². The van der Waals surface area contributed by atoms with Gasteiger partial charge in [-0.05, 0) is 25.8 Å². The number of methoxy groups -OCH3 is 2. The number of Topliss-reactive ketones (excluding diaryl/α,β-unsaturated/α-hetero) is 2. The van der Waals surface area contributed by atoms with E-state index >= 15 is 0 Å². The number of hydrogen-bond donors (Lipinski definition) is 2. The van der Waals surface area contributed by atoms with Crippen LogP contribution >= 0.6 is 11.8 Å². The van der Waals surface area contributed by atoms with E-state index in [2.05, 4.69) is 15.6 Å². The fraction of sp³-hybridized carbons (Fsp3) is 0.577. The van der Waals surface area contributed by atoms with Gasteiger partial charge in [-0.15, -0.1) is 0 Å². The summed E-state index contributed by atoms with van der Waals surface area (Å²) in [5, 5.41) is 5.98. The normalized spacial score (nSPS) is 22.9. The minimum absolute atomic E-state index is 0.0310. The van der Waals surface area contributed by atoms with Crippen molar-refractivity contribution >= 4 is 40.2 Å². The molecule has 0 saturated carbocycles. The SMILES string of the molecule is COC[C@H](CC(=O)[C@H](COC)NC(=O)C1CN=C(C)S1)C(=O)N[C@@H](Cc1ccccc1)C(=O)[C@@]1(C)CO1. The average molecular weight is 534 g/mol. The van der Waals surface area contributed by atoms with Crippen molar-refractivity contribution in [3.05, 3.63) is 35.9 Å². The first-order valence-corrected chi connectivity index (χ1v) is 13.1. The van der Waals surface area contributed by atoms with Crippen LogP contribution < -0.4 is 10.6 Å². The molecule has 0 spiro atoms. The van der Waals surface area contributed by atoms with Gasteiger partial charge in [0.1, 0.15) is 16.9 Å². The minimum atomic E-state index is -0.924. The molecule has 2 amide bonds. The number of carbonyl (C=O) groups is 4. The summed E-state index contributed by atoms with van der Waals surface area (Å²) < 4.78 is 15.7. The Labute approximate surface area is 221 Å². The quantitative estimate of drug-likeness (QED) is 0.318. The van der Waals surface area contributed by atoms with E-state index in [-0.39, 0.29) is 37.1 Å². The number of epoxide rings is 1. The van der Waals surface area contributed by atoms with E-state index in [9.17, 15) is 19.2 Å². The van der Waals surface area contributed by atoms with Crippen molar-refractivity contribution in [1.82, 2.24) is 10.6 Å². The number of benzene rings is 1. The Hall–Kier alpha value is -2.60. The van der Waals surface area contributed by atoms with Gasteiger partial charge >= 0.3 is 0 Å². The van der Waals surface area contributed by atoms with E-state index in [0.717, 1.165) is 10.6 Å². The second kappa shape index (κ2) is 13.3. The molecule has 2 aliphatic rings. The summed E-state index contributed by atoms with van der Waals surface area (Å²) in [5.41, 5.74) is -0.0374. The molecule has 0 aliphatic carbocycles. The number of hydrogen-bond acceptors (Lipinski definition) is 9. The summed E-state index contributed by atoms with van der Waals surface area (Å²) in [6.07, 6.45) is 0.0994. The molecule has 0 radical (unpaired) electrons. The van der Waals surface area contributed by atoms with Gasteiger partial charge in [-0.2, -0.15) is 0 Å². The van der Waals surface area contributed by atoms with Crippen molar-refractivity contribution in [1.29, 1.82) is 0 Å². The molecule has 0 bridgehead atoms. The highest BCUT2D eigenvalue weighted by molar-refractivity contribution is 8.15. The third-order valence-corrected chi connectivity index (χ3v) is 7.44. The van der Waals surface area contributed by atoms with E-state index < -0.39 is 34.8 Å². The highest BCUT2D eigenvalue weighted by Gasteiger charge is 2.50. The first-order chi connectivity index (χ1) is 17.7. The van der Waals surface area contributed by atoms with E-state index in [1.165, 1.54) is 26.0 Å². The molecule has 1 unspecified atom stereocenters. The molecule has 0 aromatic heterocycles. The van der Waals surface area contributed by atoms with Gasteiger partial charge in [-0.3, -0.25) is 24.2 Å². The van der Waals surface area contributed by atoms with Gasteiger partial charge in [0.05, 0.1) is 43.4 Å². The number of nitrogens with zero attached hydrogens (tertiary/aromatic N) is 1. The summed E-state index contributed by atoms with van der Waals surface area (Å²) in [5.74, 6) is -2.23. The molecule has 2 heterocycles. The zero-order chi connectivity index (χ0) is 27.0. The number of nitrogens with one attached hydrogen (secondary N) is 2. The molecule has 5 atom stereocenters. The lowest BCUT2D eigenvalue weighted by Crippen LogP contribution is -2.51. The molecule has 2 aliphatic heterocycles. The zero-order valence-corrected chi connectivity index (χ0v) is 22.5. The Morgan fingerprint density at radius 2 is 1.78 bits per heavy atom. The predicted molar refractivity (Wildman–Crippen MR) is 140 cm³/mol. The number of ether oxygens (including phenoxy) is 3. The van der Waals surface area contributed by atoms with Gasteiger partial charge in [-0.1, -0.05) is 42.1 Å². The molecule has 1 aromatic rings. The van der Waals surface area contributed by atoms with Crippen molar-refractivity contribution in [2.24, 2.45) is 10.9 Å². The van der Waals surface area contributed by atoms with Crippen LogP contribution in [-0.2, 0) is 39.8 Å². The molecule has 1 saturated heterocycles. The van der Waals surface area contributed by atoms with Crippen LogP contribution in [0, 0.1) is 5.92 Å². The third kappa shape index (κ3) is 8.19. The minimum Gasteiger partial charge on any atom is -0.384 e. The maximum Gasteiger partial charge on any atom is 0.236 e. The number of thioether (sulfide) groups is 1. The van der Waals surface area contributed by atoms with Crippen LogP contribution in [0.25, 0.3) is 0 Å². The molecule has 11 heteroatoms. The Kier molecular flexibility index (Phi) is 10.4. The number of carbonyl (C=O) groups excluding carboxylic acids is 4. The summed E-state index contributed by atoms with van der Waals surface area (Å²) in [7, 11) is 2.87. The van der Waals surface area contributed by atoms with Crippen LogP contribution in [0.5, 0.6) is 0 Å². The van der Waals surface area contributed by atoms with Crippen LogP contribution in [-0.4, -0.2) is 91.9 Å². The first-order valence-electron chi connectivity index (χ1n) is 12.2. The first kappa shape index (κ1) is 29.0. The molecule has 37 heavy (non-hydrogen) atoms. The summed E-state index contributed by atoms with van der Waals surface area (Å²) >= 11 is 1.35. The van der Waals surface area contributed by atoms with E-state index in [1.54, 1.807) is 6.92 Å². The van der Waals surface area contributed by atoms with Crippen LogP contribution in [0.2, 0.25) is 0 Å². The van der Waals surface area contributed by atoms with Gasteiger partial charge in [-0.25, -0.2) is 0 Å². The number of ketones is 2. The lowest BCUT2D eigenvalue weighted by atomic mass is 9.93. The van der Waals surface area contributed by atoms with Crippen molar-refractivity contribution in [3.8, 4) is 0 Å². The van der Waals surface area contributed by atoms with Gasteiger partial charge in [0.25, 0.3) is 0 Å². The topological polar surface area (TPSA) is 136 Å². The molecule has 3 rings (SSSR count). The van der Waals surface area contributed by atoms with E-state index in [4.69, 9.17) is 14.2 Å². The molecular formula is C26H35N3O7S. The standard InChI is InChI=1S/C26H35N3O7S/c1-16-27-12-22(37-16)25(33)29-20(14-35-4)21(30)11-18(13-34-3)24(32)28-19(23(31)26(2)15-36-26)10-17-8-6-5-7-9-17/h5-9,18-20,22H,10-15H2,1-4H3,(H,28,32)(H,29,33)/t18-,19-,20-,22?,26+/m0/s1. The summed E-state index contributed by atoms with van der Waals surface area (Å²) in [6, 6.07) is 7.61. The highest BCUT2D eigenvalue weighted by Crippen LogP contribution is 2.29. The van der Waals surface area contributed by atoms with Crippen molar-refractivity contribution in [2.75, 3.05) is 40.6 Å². The van der Waals surface area contributed by atoms with Gasteiger partial charge in [0.15, 0.2) is 11.6 Å². The molecule has 202 valence electrons. The molecular weight excluding hydrogens is 498 g/mol. The van der Waals surface area contributed by atoms with Gasteiger partial charge in [0, 0.05) is 20.6 Å². The maximum absolute atomic E-state index is 13.3. The van der Waals surface area contributed by atoms with Crippen molar-refractivity contribution in [3.63, 3.8) is 0 Å². The van der Waals surface area contributed by atoms with Gasteiger partial charge < -0.3 is 24.8 Å². The highest BCUT2D eigenvalue weighted by atomic mass is 32.2. The Balaban J connectivity index is 1.67. The van der Waals surface area contributed by atoms with E-state index in [0.29, 0.717) is 19.6 Å². The summed E-state index contributed by atoms with van der Waals surface area (Å²) in [4.78, 5) is 56.5. The second-order valence-electron chi connectivity index (χ2n) is 9.44. The fourth-order valence-corrected chi connectivity index (χ4v) is 4.94. The second-order valence-corrected chi connectivity index (χ2v) is 10.8. The zero-order valence-electron chi connectivity index (χ0n) is 21.7. The molecule has 2 N–H and O–H groups in total. The van der Waals surface area contributed by atoms with Crippen molar-refractivity contribution in [2.45, 2.75) is 49.6 Å². The number of amides is 2. The largest absolute Gasteiger partial charge is 0.384 e. The van der Waals surface area contributed by atoms with Crippen LogP contribution in [0.15, 0.2) is 35.3 Å². The number of rotatable bonds is 15. The maximum atomic E-state index is 13.3. The average Bonchev–Trinajstić information content (AvgIpc) is 3.48. The lowest BCUT2D eigenvalue weighted by molar-refractivity contribution is -0.136. The Morgan fingerprint density at radius 3 is 2.35 bits per heavy atom. The van der Waals surface area contributed by atoms with Crippen molar-refractivity contribution < 1.29 is 33.4 Å². The monoisotopic (exact) mass is 533 g/mol. The van der Waals surface area contributed by atoms with E-state index in [1.807, 2.05) is 37.3 Å². The van der Waals surface area contributed by atoms with Crippen LogP contribution in [0.3, 0.4) is 0 Å². The Bertz CT molecular complexity index is 1010. The molecule has 1 fully saturated rings. The Morgan fingerprint density at radius 1 is 1.11 bits per heavy atom. The predicted octanol–water partition coefficient (Wildman–Crippen LogP) is 0.959. The van der Waals surface area contributed by atoms with Crippen LogP contribution in [0.1, 0.15) is 25.8 Å². The number of aliphatic imine (C=N–C) groups is 1.